The maximum atomic E-state index is 12.6. The average Bonchev–Trinajstić information content (AvgIpc) is 3.39. The lowest BCUT2D eigenvalue weighted by atomic mass is 9.93. The third kappa shape index (κ3) is 3.59. The highest BCUT2D eigenvalue weighted by atomic mass is 32.2. The second-order valence-electron chi connectivity index (χ2n) is 9.43. The molecule has 5 nitrogen and oxygen atoms in total. The smallest absolute Gasteiger partial charge is 0.248 e. The highest BCUT2D eigenvalue weighted by molar-refractivity contribution is 8.15. The van der Waals surface area contributed by atoms with Gasteiger partial charge < -0.3 is 4.90 Å². The van der Waals surface area contributed by atoms with Crippen molar-refractivity contribution in [1.29, 1.82) is 0 Å². The van der Waals surface area contributed by atoms with Crippen molar-refractivity contribution in [3.8, 4) is 0 Å². The van der Waals surface area contributed by atoms with E-state index in [1.54, 1.807) is 11.8 Å². The summed E-state index contributed by atoms with van der Waals surface area (Å²) in [4.78, 5) is 19.4. The molecular weight excluding hydrogens is 380 g/mol. The fourth-order valence-corrected chi connectivity index (χ4v) is 10.3. The highest BCUT2D eigenvalue weighted by Crippen LogP contribution is 2.51. The second kappa shape index (κ2) is 7.05. The van der Waals surface area contributed by atoms with Crippen LogP contribution < -0.4 is 0 Å². The van der Waals surface area contributed by atoms with Crippen LogP contribution in [0.2, 0.25) is 0 Å². The molecule has 27 heavy (non-hydrogen) atoms. The van der Waals surface area contributed by atoms with Crippen molar-refractivity contribution >= 4 is 32.7 Å². The molecule has 1 amide bonds. The number of amides is 1. The summed E-state index contributed by atoms with van der Waals surface area (Å²) >= 11 is 1.57. The molecule has 2 bridgehead atoms. The van der Waals surface area contributed by atoms with Gasteiger partial charge in [-0.2, -0.15) is 4.99 Å². The molecule has 0 N–H and O–H groups in total. The third-order valence-corrected chi connectivity index (χ3v) is 10.9. The lowest BCUT2D eigenvalue weighted by molar-refractivity contribution is -0.118. The van der Waals surface area contributed by atoms with Crippen LogP contribution in [0.4, 0.5) is 0 Å². The molecule has 5 atom stereocenters. The van der Waals surface area contributed by atoms with Gasteiger partial charge >= 0.3 is 0 Å². The summed E-state index contributed by atoms with van der Waals surface area (Å²) in [5.41, 5.74) is 0. The van der Waals surface area contributed by atoms with Gasteiger partial charge in [-0.15, -0.1) is 0 Å². The molecule has 0 aromatic rings. The molecule has 0 spiro atoms. The molecule has 3 aliphatic carbocycles. The van der Waals surface area contributed by atoms with E-state index in [2.05, 4.69) is 9.89 Å². The Morgan fingerprint density at radius 1 is 1.07 bits per heavy atom. The van der Waals surface area contributed by atoms with Crippen LogP contribution in [-0.2, 0) is 14.6 Å². The summed E-state index contributed by atoms with van der Waals surface area (Å²) in [6.45, 7) is 0. The molecular formula is C20H30N2O3S2. The molecule has 0 radical (unpaired) electrons. The number of aliphatic imine (C=N–C) groups is 1. The molecule has 0 aromatic carbocycles. The molecule has 2 saturated heterocycles. The molecule has 3 saturated carbocycles. The van der Waals surface area contributed by atoms with Gasteiger partial charge in [0.15, 0.2) is 15.0 Å². The van der Waals surface area contributed by atoms with Gasteiger partial charge in [0.1, 0.15) is 0 Å². The molecule has 5 rings (SSSR count). The van der Waals surface area contributed by atoms with Crippen LogP contribution in [0, 0.1) is 17.8 Å². The molecule has 0 aromatic heterocycles. The minimum absolute atomic E-state index is 0.000358. The third-order valence-electron chi connectivity index (χ3n) is 7.63. The Morgan fingerprint density at radius 3 is 2.59 bits per heavy atom. The number of thioether (sulfide) groups is 1. The van der Waals surface area contributed by atoms with Crippen LogP contribution in [-0.4, -0.2) is 53.2 Å². The van der Waals surface area contributed by atoms with Crippen LogP contribution >= 0.6 is 11.8 Å². The summed E-state index contributed by atoms with van der Waals surface area (Å²) in [5, 5.41) is 0.907. The molecule has 150 valence electrons. The zero-order valence-corrected chi connectivity index (χ0v) is 17.5. The second-order valence-corrected chi connectivity index (χ2v) is 12.8. The maximum absolute atomic E-state index is 12.6. The number of sulfone groups is 1. The number of fused-ring (bicyclic) bond motifs is 3. The standard InChI is InChI=1S/C20H30N2O3S2/c23-19(8-6-13-3-1-2-4-13)21-20-22(16-10-14-5-7-15(16)9-14)17-11-27(24,25)12-18(17)26-20/h13-18H,1-12H2/t14-,15-,16-,17+,18+/m0/s1. The first-order valence-electron chi connectivity index (χ1n) is 10.8. The Balaban J connectivity index is 1.33. The van der Waals surface area contributed by atoms with Gasteiger partial charge in [0.2, 0.25) is 5.91 Å². The predicted octanol–water partition coefficient (Wildman–Crippen LogP) is 3.24. The normalized spacial score (nSPS) is 41.7. The minimum atomic E-state index is -2.96. The number of rotatable bonds is 4. The summed E-state index contributed by atoms with van der Waals surface area (Å²) in [6, 6.07) is 0.437. The van der Waals surface area contributed by atoms with Gasteiger partial charge in [0, 0.05) is 17.7 Å². The number of amidine groups is 1. The van der Waals surface area contributed by atoms with E-state index in [0.717, 1.165) is 23.9 Å². The van der Waals surface area contributed by atoms with Crippen molar-refractivity contribution in [3.05, 3.63) is 0 Å². The van der Waals surface area contributed by atoms with Crippen LogP contribution in [0.25, 0.3) is 0 Å². The Labute approximate surface area is 166 Å². The molecule has 0 unspecified atom stereocenters. The zero-order chi connectivity index (χ0) is 18.6. The first kappa shape index (κ1) is 18.5. The Bertz CT molecular complexity index is 744. The number of hydrogen-bond acceptors (Lipinski definition) is 4. The van der Waals surface area contributed by atoms with E-state index >= 15 is 0 Å². The monoisotopic (exact) mass is 410 g/mol. The van der Waals surface area contributed by atoms with Crippen LogP contribution in [0.5, 0.6) is 0 Å². The summed E-state index contributed by atoms with van der Waals surface area (Å²) in [6.07, 6.45) is 11.7. The number of nitrogens with zero attached hydrogens (tertiary/aromatic N) is 2. The van der Waals surface area contributed by atoms with Gasteiger partial charge in [-0.3, -0.25) is 4.79 Å². The minimum Gasteiger partial charge on any atom is -0.343 e. The van der Waals surface area contributed by atoms with Crippen molar-refractivity contribution in [3.63, 3.8) is 0 Å². The lowest BCUT2D eigenvalue weighted by Crippen LogP contribution is -2.47. The number of hydrogen-bond donors (Lipinski definition) is 0. The average molecular weight is 411 g/mol. The molecule has 2 aliphatic heterocycles. The first-order chi connectivity index (χ1) is 13.0. The van der Waals surface area contributed by atoms with Crippen LogP contribution in [0.1, 0.15) is 64.2 Å². The summed E-state index contributed by atoms with van der Waals surface area (Å²) in [5.74, 6) is 2.65. The fraction of sp³-hybridized carbons (Fsp3) is 0.900. The predicted molar refractivity (Wildman–Crippen MR) is 109 cm³/mol. The maximum Gasteiger partial charge on any atom is 0.248 e. The van der Waals surface area contributed by atoms with Crippen molar-refractivity contribution in [1.82, 2.24) is 4.90 Å². The van der Waals surface area contributed by atoms with Crippen LogP contribution in [0.3, 0.4) is 0 Å². The van der Waals surface area contributed by atoms with Gasteiger partial charge in [0.05, 0.1) is 17.5 Å². The number of carbonyl (C=O) groups is 1. The molecule has 5 aliphatic rings. The zero-order valence-electron chi connectivity index (χ0n) is 15.9. The summed E-state index contributed by atoms with van der Waals surface area (Å²) < 4.78 is 24.4. The largest absolute Gasteiger partial charge is 0.343 e. The van der Waals surface area contributed by atoms with E-state index in [1.165, 1.54) is 44.9 Å². The Hall–Kier alpha value is -0.560. The Morgan fingerprint density at radius 2 is 1.89 bits per heavy atom. The van der Waals surface area contributed by atoms with Crippen molar-refractivity contribution in [2.45, 2.75) is 81.5 Å². The quantitative estimate of drug-likeness (QED) is 0.712. The van der Waals surface area contributed by atoms with Gasteiger partial charge in [-0.25, -0.2) is 8.42 Å². The van der Waals surface area contributed by atoms with E-state index in [9.17, 15) is 13.2 Å². The van der Waals surface area contributed by atoms with E-state index in [1.807, 2.05) is 0 Å². The van der Waals surface area contributed by atoms with E-state index in [-0.39, 0.29) is 28.7 Å². The van der Waals surface area contributed by atoms with Crippen LogP contribution in [0.15, 0.2) is 4.99 Å². The van der Waals surface area contributed by atoms with Crippen molar-refractivity contribution < 1.29 is 13.2 Å². The van der Waals surface area contributed by atoms with Gasteiger partial charge in [-0.1, -0.05) is 43.9 Å². The van der Waals surface area contributed by atoms with E-state index in [0.29, 0.717) is 24.3 Å². The SMILES string of the molecule is O=C(CCC1CCCC1)N=C1S[C@@H]2CS(=O)(=O)C[C@H]2N1[C@H]1C[C@H]2CC[C@H]1C2. The van der Waals surface area contributed by atoms with Crippen molar-refractivity contribution in [2.24, 2.45) is 22.7 Å². The fourth-order valence-electron chi connectivity index (χ4n) is 6.32. The first-order valence-corrected chi connectivity index (χ1v) is 13.5. The van der Waals surface area contributed by atoms with Gasteiger partial charge in [0.25, 0.3) is 0 Å². The van der Waals surface area contributed by atoms with Gasteiger partial charge in [-0.05, 0) is 43.4 Å². The summed E-state index contributed by atoms with van der Waals surface area (Å²) in [7, 11) is -2.96. The lowest BCUT2D eigenvalue weighted by Gasteiger charge is -2.36. The topological polar surface area (TPSA) is 66.8 Å². The molecule has 7 heteroatoms. The van der Waals surface area contributed by atoms with Crippen molar-refractivity contribution in [2.75, 3.05) is 11.5 Å². The van der Waals surface area contributed by atoms with E-state index < -0.39 is 9.84 Å². The number of carbonyl (C=O) groups excluding carboxylic acids is 1. The molecule has 5 fully saturated rings. The molecule has 2 heterocycles. The highest BCUT2D eigenvalue weighted by Gasteiger charge is 2.54. The Kier molecular flexibility index (Phi) is 4.82. The van der Waals surface area contributed by atoms with E-state index in [4.69, 9.17) is 0 Å².